The van der Waals surface area contributed by atoms with Crippen molar-refractivity contribution in [3.63, 3.8) is 0 Å². The zero-order valence-corrected chi connectivity index (χ0v) is 31.8. The van der Waals surface area contributed by atoms with E-state index in [2.05, 4.69) is 58.8 Å². The molecule has 0 aliphatic heterocycles. The van der Waals surface area contributed by atoms with Crippen LogP contribution >= 0.6 is 15.6 Å². The van der Waals surface area contributed by atoms with Gasteiger partial charge in [0.1, 0.15) is 43.2 Å². The van der Waals surface area contributed by atoms with Crippen LogP contribution in [0.1, 0.15) is 104 Å². The summed E-state index contributed by atoms with van der Waals surface area (Å²) in [5, 5.41) is 40.8. The monoisotopic (exact) mass is 790 g/mol. The molecule has 0 amide bonds. The van der Waals surface area contributed by atoms with Crippen LogP contribution in [-0.4, -0.2) is 103 Å². The van der Waals surface area contributed by atoms with Gasteiger partial charge in [0.15, 0.2) is 6.10 Å². The van der Waals surface area contributed by atoms with Crippen LogP contribution < -0.4 is 0 Å². The number of esters is 2. The van der Waals surface area contributed by atoms with Crippen LogP contribution in [0, 0.1) is 47.4 Å². The number of phosphoric ester groups is 2. The molecule has 0 heterocycles. The molecule has 298 valence electrons. The molecule has 4 unspecified atom stereocenters. The number of unbranched alkanes of at least 4 members (excludes halogenated alkanes) is 12. The SMILES string of the molecule is CC#CC#CC#CC#CC(=O)OC[C@H](COP(=O)(O)OC1C(O)[C@@H](O)C(O)[C@@H](OP(=O)(O)O)[C@H]1O)OC(=O)CCCCCCCCCCCCCCC. The number of phosphoric acid groups is 2. The number of hydrogen-bond donors (Lipinski definition) is 7. The summed E-state index contributed by atoms with van der Waals surface area (Å²) in [6, 6.07) is 0. The maximum Gasteiger partial charge on any atom is 0.472 e. The minimum Gasteiger partial charge on any atom is -0.456 e. The number of carbonyl (C=O) groups is 2. The Morgan fingerprint density at radius 1 is 0.642 bits per heavy atom. The molecule has 0 saturated heterocycles. The van der Waals surface area contributed by atoms with E-state index in [1.165, 1.54) is 44.9 Å². The first-order valence-corrected chi connectivity index (χ1v) is 20.5. The average molecular weight is 791 g/mol. The summed E-state index contributed by atoms with van der Waals surface area (Å²) in [7, 11) is -10.7. The third-order valence-corrected chi connectivity index (χ3v) is 9.27. The molecule has 1 aliphatic rings. The van der Waals surface area contributed by atoms with E-state index in [0.29, 0.717) is 6.42 Å². The molecule has 1 fully saturated rings. The van der Waals surface area contributed by atoms with E-state index >= 15 is 0 Å². The van der Waals surface area contributed by atoms with Crippen molar-refractivity contribution in [3.8, 4) is 47.4 Å². The van der Waals surface area contributed by atoms with Crippen LogP contribution in [0.3, 0.4) is 0 Å². The molecule has 0 bridgehead atoms. The molecule has 0 aromatic carbocycles. The molecule has 1 rings (SSSR count). The molecule has 0 aromatic rings. The molecule has 1 aliphatic carbocycles. The van der Waals surface area contributed by atoms with E-state index in [1.807, 2.05) is 0 Å². The van der Waals surface area contributed by atoms with Gasteiger partial charge in [-0.05, 0) is 48.9 Å². The first-order valence-electron chi connectivity index (χ1n) is 17.5. The van der Waals surface area contributed by atoms with Crippen molar-refractivity contribution in [2.75, 3.05) is 13.2 Å². The second-order valence-corrected chi connectivity index (χ2v) is 14.8. The number of ether oxygens (including phenoxy) is 2. The Bertz CT molecular complexity index is 1470. The minimum atomic E-state index is -5.38. The van der Waals surface area contributed by atoms with Gasteiger partial charge in [0, 0.05) is 12.3 Å². The zero-order chi connectivity index (χ0) is 39.7. The van der Waals surface area contributed by atoms with Gasteiger partial charge in [0.2, 0.25) is 0 Å². The molecule has 16 nitrogen and oxygen atoms in total. The molecule has 18 heteroatoms. The van der Waals surface area contributed by atoms with Crippen molar-refractivity contribution in [1.29, 1.82) is 0 Å². The second-order valence-electron chi connectivity index (χ2n) is 12.2. The minimum absolute atomic E-state index is 0.0179. The van der Waals surface area contributed by atoms with Gasteiger partial charge in [0.25, 0.3) is 0 Å². The van der Waals surface area contributed by atoms with Crippen molar-refractivity contribution in [2.24, 2.45) is 0 Å². The van der Waals surface area contributed by atoms with Crippen molar-refractivity contribution in [2.45, 2.75) is 146 Å². The quantitative estimate of drug-likeness (QED) is 0.0244. The zero-order valence-electron chi connectivity index (χ0n) is 30.1. The fourth-order valence-electron chi connectivity index (χ4n) is 5.07. The molecule has 53 heavy (non-hydrogen) atoms. The van der Waals surface area contributed by atoms with Gasteiger partial charge < -0.3 is 44.6 Å². The van der Waals surface area contributed by atoms with Crippen molar-refractivity contribution >= 4 is 27.6 Å². The first kappa shape index (κ1) is 48.3. The average Bonchev–Trinajstić information content (AvgIpc) is 3.10. The summed E-state index contributed by atoms with van der Waals surface area (Å²) < 4.78 is 48.3. The molecule has 0 aromatic heterocycles. The third kappa shape index (κ3) is 22.3. The Hall–Kier alpha value is -2.76. The van der Waals surface area contributed by atoms with Crippen LogP contribution in [0.4, 0.5) is 0 Å². The van der Waals surface area contributed by atoms with E-state index in [0.717, 1.165) is 32.1 Å². The fraction of sp³-hybridized carbons (Fsp3) is 0.714. The normalized spacial score (nSPS) is 22.5. The van der Waals surface area contributed by atoms with Crippen LogP contribution in [0.5, 0.6) is 0 Å². The third-order valence-electron chi connectivity index (χ3n) is 7.77. The number of aliphatic hydroxyl groups is 4. The van der Waals surface area contributed by atoms with E-state index in [9.17, 15) is 44.0 Å². The molecular weight excluding hydrogens is 738 g/mol. The smallest absolute Gasteiger partial charge is 0.456 e. The molecule has 7 N–H and O–H groups in total. The van der Waals surface area contributed by atoms with Crippen molar-refractivity contribution in [3.05, 3.63) is 0 Å². The van der Waals surface area contributed by atoms with Gasteiger partial charge in [-0.3, -0.25) is 18.4 Å². The summed E-state index contributed by atoms with van der Waals surface area (Å²) in [5.41, 5.74) is 0. The van der Waals surface area contributed by atoms with Gasteiger partial charge in [-0.2, -0.15) is 0 Å². The lowest BCUT2D eigenvalue weighted by Crippen LogP contribution is -2.64. The lowest BCUT2D eigenvalue weighted by Gasteiger charge is -2.43. The van der Waals surface area contributed by atoms with Crippen molar-refractivity contribution in [1.82, 2.24) is 0 Å². The Morgan fingerprint density at radius 3 is 1.66 bits per heavy atom. The number of carbonyl (C=O) groups excluding carboxylic acids is 2. The van der Waals surface area contributed by atoms with Gasteiger partial charge >= 0.3 is 27.6 Å². The van der Waals surface area contributed by atoms with Crippen LogP contribution in [-0.2, 0) is 41.8 Å². The van der Waals surface area contributed by atoms with E-state index < -0.39 is 83.5 Å². The Labute approximate surface area is 311 Å². The molecule has 0 radical (unpaired) electrons. The summed E-state index contributed by atoms with van der Waals surface area (Å²) in [6.07, 6.45) is -0.866. The number of hydrogen-bond acceptors (Lipinski definition) is 13. The summed E-state index contributed by atoms with van der Waals surface area (Å²) in [4.78, 5) is 53.2. The highest BCUT2D eigenvalue weighted by Gasteiger charge is 2.54. The summed E-state index contributed by atoms with van der Waals surface area (Å²) in [5.74, 6) is 16.9. The highest BCUT2D eigenvalue weighted by molar-refractivity contribution is 7.47. The largest absolute Gasteiger partial charge is 0.472 e. The van der Waals surface area contributed by atoms with E-state index in [-0.39, 0.29) is 6.42 Å². The van der Waals surface area contributed by atoms with E-state index in [1.54, 1.807) is 6.92 Å². The van der Waals surface area contributed by atoms with Gasteiger partial charge in [0.05, 0.1) is 6.61 Å². The number of rotatable bonds is 24. The molecule has 8 atom stereocenters. The van der Waals surface area contributed by atoms with Crippen LogP contribution in [0.25, 0.3) is 0 Å². The second kappa shape index (κ2) is 26.9. The highest BCUT2D eigenvalue weighted by atomic mass is 31.2. The predicted octanol–water partition coefficient (Wildman–Crippen LogP) is 2.39. The Balaban J connectivity index is 2.78. The van der Waals surface area contributed by atoms with Crippen LogP contribution in [0.2, 0.25) is 0 Å². The summed E-state index contributed by atoms with van der Waals surface area (Å²) in [6.45, 7) is 2.15. The standard InChI is InChI=1S/C35H52O16P2/c1-3-5-7-9-11-12-13-14-15-16-18-20-22-24-29(37)49-27(25-47-28(36)23-21-19-17-10-8-6-4-2)26-48-53(45,46)51-35-32(40)30(38)31(39)34(33(35)41)50-52(42,43)44/h27,30-35,38-41H,3,5,7,9,11-16,18,20,22,24-26H2,1-2H3,(H,45,46)(H2,42,43,44)/t27-,30+,31?,32?,33-,34-,35?/m1/s1. The molecular formula is C35H52O16P2. The van der Waals surface area contributed by atoms with Gasteiger partial charge in [-0.15, -0.1) is 0 Å². The van der Waals surface area contributed by atoms with Gasteiger partial charge in [-0.25, -0.2) is 13.9 Å². The predicted molar refractivity (Wildman–Crippen MR) is 190 cm³/mol. The number of aliphatic hydroxyl groups excluding tert-OH is 4. The topological polar surface area (TPSA) is 256 Å². The van der Waals surface area contributed by atoms with E-state index in [4.69, 9.17) is 28.3 Å². The first-order chi connectivity index (χ1) is 25.1. The van der Waals surface area contributed by atoms with Crippen molar-refractivity contribution < 1.29 is 76.9 Å². The lowest BCUT2D eigenvalue weighted by molar-refractivity contribution is -0.216. The highest BCUT2D eigenvalue weighted by Crippen LogP contribution is 2.49. The molecule has 0 spiro atoms. The maximum atomic E-state index is 12.8. The Morgan fingerprint density at radius 2 is 1.13 bits per heavy atom. The summed E-state index contributed by atoms with van der Waals surface area (Å²) >= 11 is 0. The van der Waals surface area contributed by atoms with Crippen LogP contribution in [0.15, 0.2) is 0 Å². The lowest BCUT2D eigenvalue weighted by atomic mass is 9.85. The van der Waals surface area contributed by atoms with Gasteiger partial charge in [-0.1, -0.05) is 89.9 Å². The maximum absolute atomic E-state index is 12.8. The fourth-order valence-corrected chi connectivity index (χ4v) is 6.61. The Kier molecular flexibility index (Phi) is 24.5. The molecule has 1 saturated carbocycles.